The molecular formula is C30H36ClN3O5S. The lowest BCUT2D eigenvalue weighted by Gasteiger charge is -2.32. The third-order valence-electron chi connectivity index (χ3n) is 6.37. The third kappa shape index (κ3) is 7.99. The molecule has 0 radical (unpaired) electrons. The van der Waals surface area contributed by atoms with Gasteiger partial charge in [-0.25, -0.2) is 8.42 Å². The van der Waals surface area contributed by atoms with E-state index in [0.29, 0.717) is 23.0 Å². The van der Waals surface area contributed by atoms with E-state index in [2.05, 4.69) is 5.32 Å². The number of carbonyl (C=O) groups excluding carboxylic acids is 2. The van der Waals surface area contributed by atoms with Crippen LogP contribution in [0, 0.1) is 12.8 Å². The minimum atomic E-state index is -4.15. The minimum absolute atomic E-state index is 0.00490. The van der Waals surface area contributed by atoms with E-state index in [1.54, 1.807) is 62.6 Å². The van der Waals surface area contributed by atoms with Crippen molar-refractivity contribution in [2.24, 2.45) is 5.92 Å². The molecule has 3 aromatic rings. The second kappa shape index (κ2) is 13.7. The van der Waals surface area contributed by atoms with E-state index in [1.165, 1.54) is 29.2 Å². The number of methoxy groups -OCH3 is 1. The second-order valence-corrected chi connectivity index (χ2v) is 12.3. The van der Waals surface area contributed by atoms with Gasteiger partial charge in [-0.3, -0.25) is 13.9 Å². The first-order valence-corrected chi connectivity index (χ1v) is 14.8. The van der Waals surface area contributed by atoms with Gasteiger partial charge in [-0.1, -0.05) is 55.3 Å². The Labute approximate surface area is 241 Å². The van der Waals surface area contributed by atoms with Crippen LogP contribution in [0.5, 0.6) is 5.75 Å². The van der Waals surface area contributed by atoms with Crippen molar-refractivity contribution in [1.29, 1.82) is 0 Å². The summed E-state index contributed by atoms with van der Waals surface area (Å²) in [5, 5.41) is 3.27. The molecule has 0 aliphatic heterocycles. The van der Waals surface area contributed by atoms with E-state index in [4.69, 9.17) is 16.3 Å². The zero-order valence-electron chi connectivity index (χ0n) is 23.4. The zero-order chi connectivity index (χ0) is 29.4. The van der Waals surface area contributed by atoms with Crippen LogP contribution < -0.4 is 14.4 Å². The number of ether oxygens (including phenoxy) is 1. The van der Waals surface area contributed by atoms with E-state index >= 15 is 0 Å². The lowest BCUT2D eigenvalue weighted by atomic mass is 10.1. The van der Waals surface area contributed by atoms with Crippen molar-refractivity contribution in [3.8, 4) is 5.75 Å². The molecule has 0 aliphatic rings. The molecule has 0 fully saturated rings. The van der Waals surface area contributed by atoms with Gasteiger partial charge in [0.05, 0.1) is 17.7 Å². The van der Waals surface area contributed by atoms with Gasteiger partial charge in [0, 0.05) is 18.1 Å². The quantitative estimate of drug-likeness (QED) is 0.321. The Balaban J connectivity index is 2.00. The molecule has 0 aromatic heterocycles. The molecule has 2 amide bonds. The largest absolute Gasteiger partial charge is 0.497 e. The number of hydrogen-bond donors (Lipinski definition) is 1. The number of rotatable bonds is 12. The lowest BCUT2D eigenvalue weighted by molar-refractivity contribution is -0.139. The van der Waals surface area contributed by atoms with Crippen molar-refractivity contribution in [3.05, 3.63) is 88.9 Å². The molecule has 1 N–H and O–H groups in total. The predicted octanol–water partition coefficient (Wildman–Crippen LogP) is 5.04. The molecule has 10 heteroatoms. The summed E-state index contributed by atoms with van der Waals surface area (Å²) in [7, 11) is -2.59. The summed E-state index contributed by atoms with van der Waals surface area (Å²) in [4.78, 5) is 28.4. The van der Waals surface area contributed by atoms with Crippen LogP contribution in [-0.2, 0) is 26.2 Å². The second-order valence-electron chi connectivity index (χ2n) is 9.99. The highest BCUT2D eigenvalue weighted by Crippen LogP contribution is 2.26. The first-order valence-electron chi connectivity index (χ1n) is 13.0. The van der Waals surface area contributed by atoms with E-state index < -0.39 is 28.5 Å². The number of sulfonamides is 1. The van der Waals surface area contributed by atoms with Gasteiger partial charge in [0.2, 0.25) is 11.8 Å². The average Bonchev–Trinajstić information content (AvgIpc) is 2.93. The van der Waals surface area contributed by atoms with Crippen molar-refractivity contribution >= 4 is 39.1 Å². The highest BCUT2D eigenvalue weighted by atomic mass is 35.5. The normalized spacial score (nSPS) is 12.1. The number of amides is 2. The summed E-state index contributed by atoms with van der Waals surface area (Å²) in [5.41, 5.74) is 2.03. The number of carbonyl (C=O) groups is 2. The van der Waals surface area contributed by atoms with Gasteiger partial charge in [0.15, 0.2) is 0 Å². The van der Waals surface area contributed by atoms with Crippen LogP contribution in [-0.4, -0.2) is 51.4 Å². The van der Waals surface area contributed by atoms with Crippen LogP contribution in [0.25, 0.3) is 0 Å². The Bertz CT molecular complexity index is 1390. The van der Waals surface area contributed by atoms with E-state index in [1.807, 2.05) is 20.8 Å². The third-order valence-corrected chi connectivity index (χ3v) is 8.41. The smallest absolute Gasteiger partial charge is 0.264 e. The summed E-state index contributed by atoms with van der Waals surface area (Å²) in [6, 6.07) is 18.9. The SMILES string of the molecule is COc1ccc(CN(C(=O)CN(c2ccc(C)cc2)S(=O)(=O)c2ccc(Cl)cc2)[C@@H](C)C(=O)NCC(C)C)cc1. The van der Waals surface area contributed by atoms with Gasteiger partial charge >= 0.3 is 0 Å². The van der Waals surface area contributed by atoms with Crippen molar-refractivity contribution < 1.29 is 22.7 Å². The molecule has 3 aromatic carbocycles. The van der Waals surface area contributed by atoms with Crippen molar-refractivity contribution in [2.45, 2.75) is 45.2 Å². The summed E-state index contributed by atoms with van der Waals surface area (Å²) < 4.78 is 33.9. The van der Waals surface area contributed by atoms with Gasteiger partial charge < -0.3 is 15.0 Å². The van der Waals surface area contributed by atoms with Crippen molar-refractivity contribution in [1.82, 2.24) is 10.2 Å². The molecular weight excluding hydrogens is 550 g/mol. The monoisotopic (exact) mass is 585 g/mol. The van der Waals surface area contributed by atoms with Gasteiger partial charge in [-0.05, 0) is 73.9 Å². The number of aryl methyl sites for hydroxylation is 1. The Morgan fingerprint density at radius 2 is 1.52 bits per heavy atom. The minimum Gasteiger partial charge on any atom is -0.497 e. The molecule has 40 heavy (non-hydrogen) atoms. The fourth-order valence-electron chi connectivity index (χ4n) is 3.94. The van der Waals surface area contributed by atoms with Crippen molar-refractivity contribution in [3.63, 3.8) is 0 Å². The summed E-state index contributed by atoms with van der Waals surface area (Å²) in [6.07, 6.45) is 0. The molecule has 1 atom stereocenters. The van der Waals surface area contributed by atoms with Gasteiger partial charge in [0.1, 0.15) is 18.3 Å². The highest BCUT2D eigenvalue weighted by Gasteiger charge is 2.32. The van der Waals surface area contributed by atoms with Crippen LogP contribution in [0.1, 0.15) is 31.9 Å². The number of benzene rings is 3. The molecule has 0 aliphatic carbocycles. The van der Waals surface area contributed by atoms with Crippen molar-refractivity contribution in [2.75, 3.05) is 24.5 Å². The Kier molecular flexibility index (Phi) is 10.6. The van der Waals surface area contributed by atoms with Gasteiger partial charge in [0.25, 0.3) is 10.0 Å². The maximum atomic E-state index is 13.9. The van der Waals surface area contributed by atoms with Crippen LogP contribution >= 0.6 is 11.6 Å². The fraction of sp³-hybridized carbons (Fsp3) is 0.333. The van der Waals surface area contributed by atoms with Crippen LogP contribution in [0.3, 0.4) is 0 Å². The molecule has 0 saturated carbocycles. The Morgan fingerprint density at radius 1 is 0.925 bits per heavy atom. The highest BCUT2D eigenvalue weighted by molar-refractivity contribution is 7.92. The summed E-state index contributed by atoms with van der Waals surface area (Å²) >= 11 is 5.99. The predicted molar refractivity (Wildman–Crippen MR) is 158 cm³/mol. The number of anilines is 1. The zero-order valence-corrected chi connectivity index (χ0v) is 25.0. The molecule has 0 spiro atoms. The molecule has 214 valence electrons. The Hall–Kier alpha value is -3.56. The molecule has 0 saturated heterocycles. The lowest BCUT2D eigenvalue weighted by Crippen LogP contribution is -2.51. The first kappa shape index (κ1) is 31.0. The number of nitrogens with one attached hydrogen (secondary N) is 1. The topological polar surface area (TPSA) is 96.0 Å². The molecule has 8 nitrogen and oxygen atoms in total. The van der Waals surface area contributed by atoms with E-state index in [0.717, 1.165) is 15.4 Å². The van der Waals surface area contributed by atoms with Crippen LogP contribution in [0.15, 0.2) is 77.7 Å². The fourth-order valence-corrected chi connectivity index (χ4v) is 5.48. The van der Waals surface area contributed by atoms with Crippen LogP contribution in [0.2, 0.25) is 5.02 Å². The van der Waals surface area contributed by atoms with Crippen LogP contribution in [0.4, 0.5) is 5.69 Å². The van der Waals surface area contributed by atoms with E-state index in [9.17, 15) is 18.0 Å². The molecule has 0 bridgehead atoms. The summed E-state index contributed by atoms with van der Waals surface area (Å²) in [5.74, 6) is 0.0338. The summed E-state index contributed by atoms with van der Waals surface area (Å²) in [6.45, 7) is 7.53. The molecule has 3 rings (SSSR count). The van der Waals surface area contributed by atoms with E-state index in [-0.39, 0.29) is 23.3 Å². The van der Waals surface area contributed by atoms with Gasteiger partial charge in [-0.15, -0.1) is 0 Å². The maximum absolute atomic E-state index is 13.9. The number of hydrogen-bond acceptors (Lipinski definition) is 5. The number of halogens is 1. The average molecular weight is 586 g/mol. The maximum Gasteiger partial charge on any atom is 0.264 e. The first-order chi connectivity index (χ1) is 18.9. The molecule has 0 heterocycles. The standard InChI is InChI=1S/C30H36ClN3O5S/c1-21(2)18-32-30(36)23(4)33(19-24-8-14-27(39-5)15-9-24)29(35)20-34(26-12-6-22(3)7-13-26)40(37,38)28-16-10-25(31)11-17-28/h6-17,21,23H,18-20H2,1-5H3,(H,32,36)/t23-/m0/s1. The molecule has 0 unspecified atom stereocenters. The Morgan fingerprint density at radius 3 is 2.08 bits per heavy atom. The van der Waals surface area contributed by atoms with Gasteiger partial charge in [-0.2, -0.15) is 0 Å². The number of nitrogens with zero attached hydrogens (tertiary/aromatic N) is 2.